The number of methoxy groups -OCH3 is 1. The SMILES string of the molecule is CCNCc1cccc(OC)c1OC/C=C/Cl. The number of hydrogen-bond acceptors (Lipinski definition) is 3. The first-order chi connectivity index (χ1) is 8.33. The van der Waals surface area contributed by atoms with Crippen molar-refractivity contribution < 1.29 is 9.47 Å². The summed E-state index contributed by atoms with van der Waals surface area (Å²) in [5.41, 5.74) is 2.52. The maximum absolute atomic E-state index is 5.66. The van der Waals surface area contributed by atoms with Crippen molar-refractivity contribution in [3.05, 3.63) is 35.4 Å². The fourth-order valence-corrected chi connectivity index (χ4v) is 1.53. The van der Waals surface area contributed by atoms with Crippen LogP contribution in [0.4, 0.5) is 0 Å². The number of benzene rings is 1. The first-order valence-electron chi connectivity index (χ1n) is 5.58. The molecule has 0 radical (unpaired) electrons. The molecule has 0 aliphatic carbocycles. The lowest BCUT2D eigenvalue weighted by Crippen LogP contribution is -2.13. The standard InChI is InChI=1S/C13H18ClNO2/c1-3-15-10-11-6-4-7-12(16-2)13(11)17-9-5-8-14/h4-8,15H,3,9-10H2,1-2H3/b8-5+. The van der Waals surface area contributed by atoms with E-state index in [-0.39, 0.29) is 0 Å². The second-order valence-electron chi connectivity index (χ2n) is 3.40. The molecule has 0 bridgehead atoms. The van der Waals surface area contributed by atoms with Gasteiger partial charge in [0.05, 0.1) is 7.11 Å². The molecule has 0 heterocycles. The molecule has 1 aromatic carbocycles. The molecule has 0 spiro atoms. The van der Waals surface area contributed by atoms with E-state index in [0.717, 1.165) is 30.2 Å². The van der Waals surface area contributed by atoms with E-state index in [2.05, 4.69) is 12.2 Å². The molecule has 0 atom stereocenters. The molecule has 0 aliphatic rings. The number of rotatable bonds is 7. The molecule has 0 saturated heterocycles. The van der Waals surface area contributed by atoms with Gasteiger partial charge in [0.1, 0.15) is 6.61 Å². The van der Waals surface area contributed by atoms with Crippen LogP contribution in [0.1, 0.15) is 12.5 Å². The van der Waals surface area contributed by atoms with Crippen LogP contribution in [0.5, 0.6) is 11.5 Å². The molecule has 0 aliphatic heterocycles. The summed E-state index contributed by atoms with van der Waals surface area (Å²) in [6.07, 6.45) is 1.74. The van der Waals surface area contributed by atoms with Gasteiger partial charge in [0, 0.05) is 17.6 Å². The van der Waals surface area contributed by atoms with Crippen LogP contribution in [0.25, 0.3) is 0 Å². The van der Waals surface area contributed by atoms with Crippen molar-refractivity contribution in [3.8, 4) is 11.5 Å². The molecule has 0 saturated carbocycles. The minimum Gasteiger partial charge on any atom is -0.493 e. The van der Waals surface area contributed by atoms with Gasteiger partial charge in [0.15, 0.2) is 11.5 Å². The van der Waals surface area contributed by atoms with E-state index in [4.69, 9.17) is 21.1 Å². The van der Waals surface area contributed by atoms with Crippen LogP contribution in [0.2, 0.25) is 0 Å². The normalized spacial score (nSPS) is 10.8. The van der Waals surface area contributed by atoms with Gasteiger partial charge in [-0.05, 0) is 18.7 Å². The van der Waals surface area contributed by atoms with Crippen LogP contribution < -0.4 is 14.8 Å². The molecular formula is C13H18ClNO2. The van der Waals surface area contributed by atoms with E-state index in [0.29, 0.717) is 6.61 Å². The number of halogens is 1. The summed E-state index contributed by atoms with van der Waals surface area (Å²) >= 11 is 5.46. The number of ether oxygens (including phenoxy) is 2. The Bertz CT molecular complexity index is 366. The van der Waals surface area contributed by atoms with Gasteiger partial charge in [-0.15, -0.1) is 0 Å². The van der Waals surface area contributed by atoms with Crippen molar-refractivity contribution in [2.45, 2.75) is 13.5 Å². The highest BCUT2D eigenvalue weighted by Gasteiger charge is 2.09. The summed E-state index contributed by atoms with van der Waals surface area (Å²) in [5.74, 6) is 1.51. The lowest BCUT2D eigenvalue weighted by atomic mass is 10.2. The quantitative estimate of drug-likeness (QED) is 0.813. The monoisotopic (exact) mass is 255 g/mol. The van der Waals surface area contributed by atoms with Gasteiger partial charge in [-0.2, -0.15) is 0 Å². The molecule has 4 heteroatoms. The van der Waals surface area contributed by atoms with Crippen molar-refractivity contribution in [2.75, 3.05) is 20.3 Å². The van der Waals surface area contributed by atoms with Crippen LogP contribution in [0.3, 0.4) is 0 Å². The predicted molar refractivity (Wildman–Crippen MR) is 70.9 cm³/mol. The summed E-state index contributed by atoms with van der Waals surface area (Å²) in [5, 5.41) is 3.27. The van der Waals surface area contributed by atoms with E-state index >= 15 is 0 Å². The smallest absolute Gasteiger partial charge is 0.166 e. The number of nitrogens with one attached hydrogen (secondary N) is 1. The highest BCUT2D eigenvalue weighted by Crippen LogP contribution is 2.31. The molecule has 0 fully saturated rings. The Labute approximate surface area is 107 Å². The Balaban J connectivity index is 2.85. The third-order valence-corrected chi connectivity index (χ3v) is 2.44. The molecule has 17 heavy (non-hydrogen) atoms. The lowest BCUT2D eigenvalue weighted by molar-refractivity contribution is 0.322. The number of para-hydroxylation sites is 1. The van der Waals surface area contributed by atoms with E-state index in [1.54, 1.807) is 13.2 Å². The average Bonchev–Trinajstić information content (AvgIpc) is 2.37. The van der Waals surface area contributed by atoms with Crippen LogP contribution in [-0.4, -0.2) is 20.3 Å². The first-order valence-corrected chi connectivity index (χ1v) is 6.01. The summed E-state index contributed by atoms with van der Waals surface area (Å²) in [7, 11) is 1.64. The van der Waals surface area contributed by atoms with Crippen LogP contribution >= 0.6 is 11.6 Å². The molecule has 0 aromatic heterocycles. The van der Waals surface area contributed by atoms with Gasteiger partial charge in [-0.25, -0.2) is 0 Å². The fraction of sp³-hybridized carbons (Fsp3) is 0.385. The zero-order valence-corrected chi connectivity index (χ0v) is 11.0. The molecule has 3 nitrogen and oxygen atoms in total. The topological polar surface area (TPSA) is 30.5 Å². The first kappa shape index (κ1) is 13.9. The maximum Gasteiger partial charge on any atom is 0.166 e. The van der Waals surface area contributed by atoms with Crippen LogP contribution in [-0.2, 0) is 6.54 Å². The Hall–Kier alpha value is -1.19. The molecule has 0 amide bonds. The van der Waals surface area contributed by atoms with E-state index < -0.39 is 0 Å². The van der Waals surface area contributed by atoms with Gasteiger partial charge in [-0.3, -0.25) is 0 Å². The fourth-order valence-electron chi connectivity index (χ4n) is 1.45. The van der Waals surface area contributed by atoms with E-state index in [9.17, 15) is 0 Å². The summed E-state index contributed by atoms with van der Waals surface area (Å²) in [6.45, 7) is 4.17. The largest absolute Gasteiger partial charge is 0.493 e. The third kappa shape index (κ3) is 4.29. The minimum absolute atomic E-state index is 0.434. The zero-order chi connectivity index (χ0) is 12.5. The van der Waals surface area contributed by atoms with Gasteiger partial charge < -0.3 is 14.8 Å². The van der Waals surface area contributed by atoms with Crippen molar-refractivity contribution in [2.24, 2.45) is 0 Å². The zero-order valence-electron chi connectivity index (χ0n) is 10.2. The summed E-state index contributed by atoms with van der Waals surface area (Å²) in [4.78, 5) is 0. The lowest BCUT2D eigenvalue weighted by Gasteiger charge is -2.14. The molecule has 1 aromatic rings. The van der Waals surface area contributed by atoms with E-state index in [1.165, 1.54) is 5.54 Å². The van der Waals surface area contributed by atoms with Crippen LogP contribution in [0.15, 0.2) is 29.8 Å². The number of hydrogen-bond donors (Lipinski definition) is 1. The molecular weight excluding hydrogens is 238 g/mol. The van der Waals surface area contributed by atoms with Gasteiger partial charge >= 0.3 is 0 Å². The Morgan fingerprint density at radius 3 is 2.88 bits per heavy atom. The second-order valence-corrected chi connectivity index (χ2v) is 3.65. The van der Waals surface area contributed by atoms with Gasteiger partial charge in [0.25, 0.3) is 0 Å². The summed E-state index contributed by atoms with van der Waals surface area (Å²) in [6, 6.07) is 5.86. The highest BCUT2D eigenvalue weighted by atomic mass is 35.5. The van der Waals surface area contributed by atoms with Crippen molar-refractivity contribution >= 4 is 11.6 Å². The predicted octanol–water partition coefficient (Wildman–Crippen LogP) is 2.94. The molecule has 1 rings (SSSR count). The van der Waals surface area contributed by atoms with Gasteiger partial charge in [-0.1, -0.05) is 30.7 Å². The third-order valence-electron chi connectivity index (χ3n) is 2.26. The second kappa shape index (κ2) is 7.98. The van der Waals surface area contributed by atoms with Crippen LogP contribution in [0, 0.1) is 0 Å². The van der Waals surface area contributed by atoms with E-state index in [1.807, 2.05) is 18.2 Å². The summed E-state index contributed by atoms with van der Waals surface area (Å²) < 4.78 is 10.9. The Morgan fingerprint density at radius 1 is 1.41 bits per heavy atom. The Kier molecular flexibility index (Phi) is 6.51. The van der Waals surface area contributed by atoms with Crippen molar-refractivity contribution in [1.29, 1.82) is 0 Å². The van der Waals surface area contributed by atoms with Gasteiger partial charge in [0.2, 0.25) is 0 Å². The molecule has 1 N–H and O–H groups in total. The minimum atomic E-state index is 0.434. The highest BCUT2D eigenvalue weighted by molar-refractivity contribution is 6.25. The molecule has 94 valence electrons. The average molecular weight is 256 g/mol. The molecule has 0 unspecified atom stereocenters. The maximum atomic E-state index is 5.66. The Morgan fingerprint density at radius 2 is 2.24 bits per heavy atom. The van der Waals surface area contributed by atoms with Crippen molar-refractivity contribution in [1.82, 2.24) is 5.32 Å². The van der Waals surface area contributed by atoms with Crippen molar-refractivity contribution in [3.63, 3.8) is 0 Å².